The van der Waals surface area contributed by atoms with Crippen LogP contribution in [0.1, 0.15) is 70.3 Å². The van der Waals surface area contributed by atoms with E-state index >= 15 is 0 Å². The number of hydrogen-bond acceptors (Lipinski definition) is 5. The zero-order valence-corrected chi connectivity index (χ0v) is 27.6. The number of fused-ring (bicyclic) bond motifs is 5. The number of anilines is 1. The summed E-state index contributed by atoms with van der Waals surface area (Å²) in [5.41, 5.74) is 6.76. The van der Waals surface area contributed by atoms with Crippen LogP contribution in [0.25, 0.3) is 0 Å². The molecule has 5 atom stereocenters. The van der Waals surface area contributed by atoms with Gasteiger partial charge < -0.3 is 0 Å². The van der Waals surface area contributed by atoms with Crippen molar-refractivity contribution < 1.29 is 36.3 Å². The molecule has 8 heteroatoms. The second kappa shape index (κ2) is 11.6. The molecule has 2 fully saturated rings. The first kappa shape index (κ1) is 28.9. The third-order valence-corrected chi connectivity index (χ3v) is 12.6. The van der Waals surface area contributed by atoms with Crippen molar-refractivity contribution in [3.63, 3.8) is 0 Å². The molecule has 0 spiro atoms. The van der Waals surface area contributed by atoms with Crippen LogP contribution >= 0.6 is 12.2 Å². The van der Waals surface area contributed by atoms with Gasteiger partial charge in [-0.2, -0.15) is 0 Å². The number of para-hydroxylation sites is 1. The average Bonchev–Trinajstić information content (AvgIpc) is 3.58. The van der Waals surface area contributed by atoms with Crippen molar-refractivity contribution in [2.75, 3.05) is 12.1 Å². The summed E-state index contributed by atoms with van der Waals surface area (Å²) in [4.78, 5) is 0. The van der Waals surface area contributed by atoms with Gasteiger partial charge in [0.15, 0.2) is 0 Å². The van der Waals surface area contributed by atoms with Gasteiger partial charge in [-0.25, -0.2) is 0 Å². The second-order valence-electron chi connectivity index (χ2n) is 12.5. The summed E-state index contributed by atoms with van der Waals surface area (Å²) in [6, 6.07) is 16.4. The molecule has 224 valence electrons. The van der Waals surface area contributed by atoms with Crippen molar-refractivity contribution >= 4 is 28.7 Å². The van der Waals surface area contributed by atoms with Gasteiger partial charge in [0, 0.05) is 0 Å². The molecule has 2 aromatic rings. The molecule has 0 amide bonds. The fourth-order valence-electron chi connectivity index (χ4n) is 8.37. The fourth-order valence-corrected chi connectivity index (χ4v) is 9.89. The Morgan fingerprint density at radius 2 is 1.93 bits per heavy atom. The van der Waals surface area contributed by atoms with Crippen molar-refractivity contribution in [1.29, 1.82) is 0 Å². The van der Waals surface area contributed by atoms with E-state index in [1.807, 2.05) is 37.3 Å². The second-order valence-corrected chi connectivity index (χ2v) is 14.4. The first-order valence-electron chi connectivity index (χ1n) is 15.2. The van der Waals surface area contributed by atoms with Gasteiger partial charge >= 0.3 is 265 Å². The van der Waals surface area contributed by atoms with Crippen LogP contribution in [0.4, 0.5) is 5.69 Å². The van der Waals surface area contributed by atoms with Crippen molar-refractivity contribution in [2.24, 2.45) is 20.5 Å². The topological polar surface area (TPSA) is 75.1 Å². The number of benzene rings is 2. The van der Waals surface area contributed by atoms with Crippen LogP contribution in [0.15, 0.2) is 74.5 Å². The third-order valence-electron chi connectivity index (χ3n) is 10.3. The number of allylic oxidation sites excluding steroid dienone is 4. The monoisotopic (exact) mass is 706 g/mol. The molecule has 2 aromatic carbocycles. The average molecular weight is 707 g/mol. The van der Waals surface area contributed by atoms with Crippen LogP contribution in [0.5, 0.6) is 11.5 Å². The van der Waals surface area contributed by atoms with E-state index in [9.17, 15) is 5.11 Å². The van der Waals surface area contributed by atoms with E-state index in [1.54, 1.807) is 5.57 Å². The minimum atomic E-state index is -0.952. The Labute approximate surface area is 270 Å². The van der Waals surface area contributed by atoms with Crippen LogP contribution in [0.3, 0.4) is 0 Å². The molecule has 1 aliphatic heterocycles. The van der Waals surface area contributed by atoms with E-state index in [4.69, 9.17) is 24.9 Å². The first-order chi connectivity index (χ1) is 20.9. The molecule has 0 saturated heterocycles. The Morgan fingerprint density at radius 3 is 2.77 bits per heavy atom. The summed E-state index contributed by atoms with van der Waals surface area (Å²) in [5, 5.41) is 15.8. The van der Waals surface area contributed by atoms with Crippen molar-refractivity contribution in [1.82, 2.24) is 3.53 Å². The van der Waals surface area contributed by atoms with Gasteiger partial charge in [-0.05, 0) is 6.92 Å². The van der Waals surface area contributed by atoms with Crippen LogP contribution < -0.4 is 40.1 Å². The predicted octanol–water partition coefficient (Wildman–Crippen LogP) is 3.85. The molecule has 0 bridgehead atoms. The van der Waals surface area contributed by atoms with Gasteiger partial charge in [-0.3, -0.25) is 0 Å². The zero-order valence-electron chi connectivity index (χ0n) is 24.6. The quantitative estimate of drug-likeness (QED) is 0.194. The number of halogens is 1. The summed E-state index contributed by atoms with van der Waals surface area (Å²) in [6.07, 6.45) is 9.12. The molecule has 5 aliphatic rings. The summed E-state index contributed by atoms with van der Waals surface area (Å²) in [6.45, 7) is 4.43. The van der Waals surface area contributed by atoms with Gasteiger partial charge in [0.1, 0.15) is 0 Å². The summed E-state index contributed by atoms with van der Waals surface area (Å²) in [7, 11) is 0. The van der Waals surface area contributed by atoms with Crippen molar-refractivity contribution in [3.05, 3.63) is 76.9 Å². The SMILES string of the molecule is CC#C[C@]1(O)CC[C@H]2[C@@H]3CCC4=CC(=N[I-]NC(=S)Nc5ccccc5)CCC4=C3[C@@H](c3ccc4c(c3)OCO4)C[C@@]21C. The van der Waals surface area contributed by atoms with Crippen LogP contribution in [-0.2, 0) is 0 Å². The van der Waals surface area contributed by atoms with E-state index in [0.29, 0.717) is 16.9 Å². The van der Waals surface area contributed by atoms with Crippen molar-refractivity contribution in [3.8, 4) is 23.3 Å². The molecule has 0 unspecified atom stereocenters. The first-order valence-corrected chi connectivity index (χ1v) is 17.7. The minimum absolute atomic E-state index is 0.205. The molecular weight excluding hydrogens is 669 g/mol. The maximum absolute atomic E-state index is 11.9. The Kier molecular flexibility index (Phi) is 7.77. The summed E-state index contributed by atoms with van der Waals surface area (Å²) < 4.78 is 19.8. The molecule has 7 rings (SSSR count). The third kappa shape index (κ3) is 5.17. The van der Waals surface area contributed by atoms with E-state index in [-0.39, 0.29) is 18.1 Å². The fraction of sp³-hybridized carbons (Fsp3) is 0.429. The number of aliphatic hydroxyl groups is 1. The normalized spacial score (nSPS) is 31.4. The molecule has 2 saturated carbocycles. The molecule has 1 heterocycles. The Balaban J connectivity index is 1.19. The molecule has 6 nitrogen and oxygen atoms in total. The van der Waals surface area contributed by atoms with Gasteiger partial charge in [0.2, 0.25) is 0 Å². The van der Waals surface area contributed by atoms with Gasteiger partial charge in [-0.1, -0.05) is 0 Å². The molecule has 4 aliphatic carbocycles. The number of hydrogen-bond donors (Lipinski definition) is 3. The Bertz CT molecular complexity index is 1610. The van der Waals surface area contributed by atoms with Crippen LogP contribution in [0, 0.1) is 29.1 Å². The standard InChI is InChI=1S/C35H37IN3O3S/c1-3-16-35(40)17-15-29-27-12-9-22-18-25(38-36-39-33(43)37-24-7-5-4-6-8-24)11-13-26(22)32(27)28(20-34(29,35)2)23-10-14-30-31(19-23)42-21-41-30/h4-8,10,14,18-19,27-29,40H,9,11-13,15,17,20-21H2,1-2H3,(H2,37,39,43)/q-1/t27-,28+,29-,34-,35-/m0/s1. The van der Waals surface area contributed by atoms with E-state index < -0.39 is 27.4 Å². The van der Waals surface area contributed by atoms with Gasteiger partial charge in [0.25, 0.3) is 0 Å². The van der Waals surface area contributed by atoms with E-state index in [0.717, 1.165) is 62.1 Å². The number of thiocarbonyl (C=S) groups is 1. The zero-order chi connectivity index (χ0) is 29.6. The Morgan fingerprint density at radius 1 is 1.09 bits per heavy atom. The van der Waals surface area contributed by atoms with E-state index in [2.05, 4.69) is 51.9 Å². The summed E-state index contributed by atoms with van der Waals surface area (Å²) >= 11 is 4.85. The van der Waals surface area contributed by atoms with E-state index in [1.165, 1.54) is 22.4 Å². The van der Waals surface area contributed by atoms with Gasteiger partial charge in [0.05, 0.1) is 0 Å². The maximum atomic E-state index is 11.9. The number of ether oxygens (including phenoxy) is 2. The number of nitrogens with zero attached hydrogens (tertiary/aromatic N) is 1. The van der Waals surface area contributed by atoms with Crippen LogP contribution in [0.2, 0.25) is 0 Å². The van der Waals surface area contributed by atoms with Gasteiger partial charge in [-0.15, -0.1) is 0 Å². The van der Waals surface area contributed by atoms with Crippen LogP contribution in [-0.4, -0.2) is 28.3 Å². The molecular formula is C35H37IN3O3S-. The number of rotatable bonds is 4. The Hall–Kier alpha value is -2.87. The molecule has 0 aromatic heterocycles. The molecule has 3 N–H and O–H groups in total. The van der Waals surface area contributed by atoms with Crippen molar-refractivity contribution in [2.45, 2.75) is 70.3 Å². The molecule has 0 radical (unpaired) electrons. The summed E-state index contributed by atoms with van der Waals surface area (Å²) in [5.74, 6) is 9.06. The number of nitrogens with one attached hydrogen (secondary N) is 2. The predicted molar refractivity (Wildman–Crippen MR) is 169 cm³/mol. The molecule has 43 heavy (non-hydrogen) atoms.